The van der Waals surface area contributed by atoms with Crippen molar-refractivity contribution in [3.8, 4) is 0 Å². The van der Waals surface area contributed by atoms with Crippen LogP contribution in [0.5, 0.6) is 0 Å². The Kier molecular flexibility index (Phi) is 3.31. The van der Waals surface area contributed by atoms with Crippen LogP contribution in [0.1, 0.15) is 38.4 Å². The van der Waals surface area contributed by atoms with Gasteiger partial charge >= 0.3 is 0 Å². The van der Waals surface area contributed by atoms with Gasteiger partial charge in [0, 0.05) is 32.1 Å². The lowest BCUT2D eigenvalue weighted by Gasteiger charge is -2.33. The number of fused-ring (bicyclic) bond motifs is 2. The quantitative estimate of drug-likeness (QED) is 0.903. The molecule has 0 aliphatic carbocycles. The molecule has 2 saturated heterocycles. The lowest BCUT2D eigenvalue weighted by molar-refractivity contribution is 0.0302. The van der Waals surface area contributed by atoms with E-state index in [9.17, 15) is 0 Å². The average molecular weight is 262 g/mol. The maximum atomic E-state index is 5.88. The number of nitrogens with zero attached hydrogens (tertiary/aromatic N) is 3. The third-order valence-electron chi connectivity index (χ3n) is 3.87. The van der Waals surface area contributed by atoms with Crippen LogP contribution in [0.4, 0.5) is 11.6 Å². The average Bonchev–Trinajstić information content (AvgIpc) is 2.76. The molecule has 2 bridgehead atoms. The van der Waals surface area contributed by atoms with Gasteiger partial charge in [-0.25, -0.2) is 9.97 Å². The number of hydrogen-bond acceptors (Lipinski definition) is 5. The molecule has 5 heteroatoms. The summed E-state index contributed by atoms with van der Waals surface area (Å²) in [6, 6.07) is 2.04. The summed E-state index contributed by atoms with van der Waals surface area (Å²) in [5.41, 5.74) is 0. The number of rotatable bonds is 3. The van der Waals surface area contributed by atoms with Crippen LogP contribution in [-0.2, 0) is 4.74 Å². The predicted octanol–water partition coefficient (Wildman–Crippen LogP) is 2.01. The molecule has 1 N–H and O–H groups in total. The molecule has 2 aliphatic heterocycles. The van der Waals surface area contributed by atoms with Gasteiger partial charge in [0.25, 0.3) is 0 Å². The number of nitrogens with one attached hydrogen (secondary N) is 1. The second-order valence-electron chi connectivity index (χ2n) is 5.74. The van der Waals surface area contributed by atoms with Crippen LogP contribution in [0, 0.1) is 0 Å². The van der Waals surface area contributed by atoms with Crippen LogP contribution in [0.3, 0.4) is 0 Å². The van der Waals surface area contributed by atoms with Crippen molar-refractivity contribution in [3.63, 3.8) is 0 Å². The van der Waals surface area contributed by atoms with Gasteiger partial charge in [-0.15, -0.1) is 0 Å². The molecule has 0 radical (unpaired) electrons. The smallest absolute Gasteiger partial charge is 0.135 e. The number of morpholine rings is 1. The Balaban J connectivity index is 1.89. The highest BCUT2D eigenvalue weighted by molar-refractivity contribution is 5.50. The monoisotopic (exact) mass is 262 g/mol. The molecule has 2 aliphatic rings. The summed E-state index contributed by atoms with van der Waals surface area (Å²) in [7, 11) is 1.90. The van der Waals surface area contributed by atoms with E-state index < -0.39 is 0 Å². The third kappa shape index (κ3) is 2.52. The van der Waals surface area contributed by atoms with E-state index in [1.54, 1.807) is 0 Å². The van der Waals surface area contributed by atoms with Crippen LogP contribution < -0.4 is 10.2 Å². The second kappa shape index (κ2) is 4.96. The molecule has 3 heterocycles. The SMILES string of the molecule is CNc1cc(N2CC3CCC(C2)O3)nc(C(C)C)n1. The van der Waals surface area contributed by atoms with Gasteiger partial charge in [0.1, 0.15) is 17.5 Å². The standard InChI is InChI=1S/C14H22N4O/c1-9(2)14-16-12(15-3)6-13(17-14)18-7-10-4-5-11(8-18)19-10/h6,9-11H,4-5,7-8H2,1-3H3,(H,15,16,17). The van der Waals surface area contributed by atoms with Crippen LogP contribution in [0.25, 0.3) is 0 Å². The van der Waals surface area contributed by atoms with Crippen molar-refractivity contribution in [3.05, 3.63) is 11.9 Å². The molecule has 0 saturated carbocycles. The van der Waals surface area contributed by atoms with Crippen molar-refractivity contribution in [1.29, 1.82) is 0 Å². The van der Waals surface area contributed by atoms with E-state index in [0.717, 1.165) is 30.5 Å². The van der Waals surface area contributed by atoms with E-state index in [2.05, 4.69) is 29.0 Å². The molecule has 2 fully saturated rings. The van der Waals surface area contributed by atoms with Gasteiger partial charge in [-0.1, -0.05) is 13.8 Å². The first kappa shape index (κ1) is 12.7. The summed E-state index contributed by atoms with van der Waals surface area (Å²) in [4.78, 5) is 11.6. The molecule has 1 aromatic heterocycles. The topological polar surface area (TPSA) is 50.3 Å². The molecule has 1 aromatic rings. The first-order valence-electron chi connectivity index (χ1n) is 7.13. The minimum atomic E-state index is 0.338. The number of aromatic nitrogens is 2. The Labute approximate surface area is 114 Å². The maximum Gasteiger partial charge on any atom is 0.135 e. The maximum absolute atomic E-state index is 5.88. The zero-order chi connectivity index (χ0) is 13.4. The van der Waals surface area contributed by atoms with Crippen LogP contribution in [0.15, 0.2) is 6.07 Å². The van der Waals surface area contributed by atoms with E-state index in [-0.39, 0.29) is 0 Å². The number of hydrogen-bond donors (Lipinski definition) is 1. The highest BCUT2D eigenvalue weighted by Crippen LogP contribution is 2.30. The minimum Gasteiger partial charge on any atom is -0.373 e. The summed E-state index contributed by atoms with van der Waals surface area (Å²) in [5, 5.41) is 3.13. The highest BCUT2D eigenvalue weighted by atomic mass is 16.5. The van der Waals surface area contributed by atoms with Crippen molar-refractivity contribution in [2.24, 2.45) is 0 Å². The van der Waals surface area contributed by atoms with Gasteiger partial charge < -0.3 is 15.0 Å². The zero-order valence-electron chi connectivity index (χ0n) is 11.9. The van der Waals surface area contributed by atoms with Crippen molar-refractivity contribution in [1.82, 2.24) is 9.97 Å². The van der Waals surface area contributed by atoms with Crippen molar-refractivity contribution in [2.45, 2.75) is 44.8 Å². The normalized spacial score (nSPS) is 26.0. The molecule has 19 heavy (non-hydrogen) atoms. The summed E-state index contributed by atoms with van der Waals surface area (Å²) in [5.74, 6) is 3.17. The minimum absolute atomic E-state index is 0.338. The van der Waals surface area contributed by atoms with Gasteiger partial charge in [-0.3, -0.25) is 0 Å². The molecular weight excluding hydrogens is 240 g/mol. The summed E-state index contributed by atoms with van der Waals surface area (Å²) in [6.07, 6.45) is 3.13. The van der Waals surface area contributed by atoms with E-state index in [1.165, 1.54) is 12.8 Å². The summed E-state index contributed by atoms with van der Waals surface area (Å²) >= 11 is 0. The highest BCUT2D eigenvalue weighted by Gasteiger charge is 2.34. The molecule has 2 atom stereocenters. The van der Waals surface area contributed by atoms with Crippen molar-refractivity contribution < 1.29 is 4.74 Å². The Morgan fingerprint density at radius 3 is 2.53 bits per heavy atom. The lowest BCUT2D eigenvalue weighted by atomic mass is 10.2. The predicted molar refractivity (Wildman–Crippen MR) is 75.8 cm³/mol. The van der Waals surface area contributed by atoms with Crippen LogP contribution in [-0.4, -0.2) is 42.3 Å². The van der Waals surface area contributed by atoms with Crippen molar-refractivity contribution in [2.75, 3.05) is 30.4 Å². The number of ether oxygens (including phenoxy) is 1. The van der Waals surface area contributed by atoms with E-state index in [1.807, 2.05) is 13.1 Å². The van der Waals surface area contributed by atoms with Gasteiger partial charge in [-0.2, -0.15) is 0 Å². The Morgan fingerprint density at radius 1 is 1.26 bits per heavy atom. The zero-order valence-corrected chi connectivity index (χ0v) is 11.9. The molecular formula is C14H22N4O. The largest absolute Gasteiger partial charge is 0.373 e. The van der Waals surface area contributed by atoms with Crippen molar-refractivity contribution >= 4 is 11.6 Å². The lowest BCUT2D eigenvalue weighted by Crippen LogP contribution is -2.43. The first-order valence-corrected chi connectivity index (χ1v) is 7.13. The molecule has 3 rings (SSSR count). The van der Waals surface area contributed by atoms with E-state index in [4.69, 9.17) is 9.72 Å². The first-order chi connectivity index (χ1) is 9.15. The molecule has 0 spiro atoms. The molecule has 5 nitrogen and oxygen atoms in total. The molecule has 104 valence electrons. The third-order valence-corrected chi connectivity index (χ3v) is 3.87. The molecule has 0 amide bonds. The van der Waals surface area contributed by atoms with Gasteiger partial charge in [0.2, 0.25) is 0 Å². The van der Waals surface area contributed by atoms with E-state index in [0.29, 0.717) is 18.1 Å². The molecule has 0 aromatic carbocycles. The van der Waals surface area contributed by atoms with Gasteiger partial charge in [-0.05, 0) is 12.8 Å². The fraction of sp³-hybridized carbons (Fsp3) is 0.714. The summed E-state index contributed by atoms with van der Waals surface area (Å²) < 4.78 is 5.88. The van der Waals surface area contributed by atoms with Crippen LogP contribution >= 0.6 is 0 Å². The van der Waals surface area contributed by atoms with E-state index >= 15 is 0 Å². The number of anilines is 2. The van der Waals surface area contributed by atoms with Crippen LogP contribution in [0.2, 0.25) is 0 Å². The molecule has 2 unspecified atom stereocenters. The van der Waals surface area contributed by atoms with Gasteiger partial charge in [0.15, 0.2) is 0 Å². The fourth-order valence-electron chi connectivity index (χ4n) is 2.80. The second-order valence-corrected chi connectivity index (χ2v) is 5.74. The summed E-state index contributed by atoms with van der Waals surface area (Å²) in [6.45, 7) is 6.16. The Bertz CT molecular complexity index is 451. The fourth-order valence-corrected chi connectivity index (χ4v) is 2.80. The Morgan fingerprint density at radius 2 is 1.95 bits per heavy atom. The van der Waals surface area contributed by atoms with Gasteiger partial charge in [0.05, 0.1) is 12.2 Å². The Hall–Kier alpha value is -1.36.